The fourth-order valence-electron chi connectivity index (χ4n) is 1.54. The molecule has 2 N–H and O–H groups in total. The average Bonchev–Trinajstić information content (AvgIpc) is 2.38. The van der Waals surface area contributed by atoms with E-state index in [9.17, 15) is 18.4 Å². The number of alkyl halides is 2. The Balaban J connectivity index is 2.13. The minimum atomic E-state index is -3.50. The van der Waals surface area contributed by atoms with Crippen molar-refractivity contribution in [2.75, 3.05) is 11.9 Å². The fraction of sp³-hybridized carbons (Fsp3) is 0.273. The maximum atomic E-state index is 13.8. The van der Waals surface area contributed by atoms with Crippen molar-refractivity contribution in [3.63, 3.8) is 0 Å². The van der Waals surface area contributed by atoms with Gasteiger partial charge < -0.3 is 10.3 Å². The van der Waals surface area contributed by atoms with Gasteiger partial charge in [-0.25, -0.2) is 4.98 Å². The summed E-state index contributed by atoms with van der Waals surface area (Å²) in [7, 11) is 0. The number of nitrogens with zero attached hydrogens (tertiary/aromatic N) is 2. The highest BCUT2D eigenvalue weighted by Crippen LogP contribution is 2.20. The normalized spacial score (nSPS) is 15.2. The molecule has 0 atom stereocenters. The summed E-state index contributed by atoms with van der Waals surface area (Å²) in [6.07, 6.45) is 3.53. The molecule has 0 bridgehead atoms. The summed E-state index contributed by atoms with van der Waals surface area (Å²) >= 11 is 5.48. The van der Waals surface area contributed by atoms with Crippen LogP contribution in [0.4, 0.5) is 14.6 Å². The minimum Gasteiger partial charge on any atom is -0.359 e. The first-order valence-corrected chi connectivity index (χ1v) is 5.91. The van der Waals surface area contributed by atoms with Crippen molar-refractivity contribution in [2.24, 2.45) is 4.99 Å². The summed E-state index contributed by atoms with van der Waals surface area (Å²) in [6.45, 7) is -0.969. The molecule has 0 unspecified atom stereocenters. The number of anilines is 1. The Morgan fingerprint density at radius 1 is 1.45 bits per heavy atom. The van der Waals surface area contributed by atoms with E-state index in [1.165, 1.54) is 6.08 Å². The molecule has 1 aromatic heterocycles. The molecule has 106 valence electrons. The molecule has 0 saturated carbocycles. The van der Waals surface area contributed by atoms with Crippen LogP contribution in [0.15, 0.2) is 28.3 Å². The van der Waals surface area contributed by atoms with E-state index < -0.39 is 29.5 Å². The average molecular weight is 303 g/mol. The summed E-state index contributed by atoms with van der Waals surface area (Å²) in [5.74, 6) is -4.57. The summed E-state index contributed by atoms with van der Waals surface area (Å²) in [4.78, 5) is 31.9. The Hall–Kier alpha value is -2.09. The number of nitrogens with one attached hydrogen (secondary N) is 2. The smallest absolute Gasteiger partial charge is 0.310 e. The number of aromatic nitrogens is 2. The molecule has 0 amide bonds. The summed E-state index contributed by atoms with van der Waals surface area (Å²) in [6, 6.07) is 0. The number of rotatable bonds is 4. The Morgan fingerprint density at radius 3 is 2.85 bits per heavy atom. The standard InChI is InChI=1S/C11H9ClF2N4O2/c12-7-4-16-9(10(20)18-7)17-5-11(13,14)8-6(19)2-1-3-15-8/h1,3-4H,2,5H2,(H,16,17)(H,18,20). The van der Waals surface area contributed by atoms with Crippen molar-refractivity contribution in [2.45, 2.75) is 12.3 Å². The number of hydrogen-bond acceptors (Lipinski definition) is 5. The van der Waals surface area contributed by atoms with Gasteiger partial charge in [-0.1, -0.05) is 17.7 Å². The van der Waals surface area contributed by atoms with Gasteiger partial charge >= 0.3 is 5.92 Å². The summed E-state index contributed by atoms with van der Waals surface area (Å²) < 4.78 is 27.7. The minimum absolute atomic E-state index is 0.00993. The van der Waals surface area contributed by atoms with Gasteiger partial charge in [0, 0.05) is 12.6 Å². The van der Waals surface area contributed by atoms with Gasteiger partial charge in [-0.15, -0.1) is 0 Å². The molecule has 0 spiro atoms. The molecule has 20 heavy (non-hydrogen) atoms. The monoisotopic (exact) mass is 302 g/mol. The number of Topliss-reactive ketones (excluding diaryl/α,β-unsaturated/α-hetero) is 1. The number of aromatic amines is 1. The van der Waals surface area contributed by atoms with Crippen molar-refractivity contribution < 1.29 is 13.6 Å². The van der Waals surface area contributed by atoms with E-state index in [-0.39, 0.29) is 17.4 Å². The maximum Gasteiger partial charge on any atom is 0.310 e. The molecule has 2 rings (SSSR count). The maximum absolute atomic E-state index is 13.8. The SMILES string of the molecule is O=C1CC=CN=C1C(F)(F)CNc1ncc(Cl)[nH]c1=O. The number of aliphatic imine (C=N–C) groups is 1. The number of halogens is 3. The zero-order valence-electron chi connectivity index (χ0n) is 9.99. The number of carbonyl (C=O) groups is 1. The van der Waals surface area contributed by atoms with Gasteiger partial charge in [0.15, 0.2) is 17.3 Å². The van der Waals surface area contributed by atoms with Gasteiger partial charge in [-0.3, -0.25) is 14.6 Å². The third-order valence-corrected chi connectivity index (χ3v) is 2.65. The second kappa shape index (κ2) is 5.49. The lowest BCUT2D eigenvalue weighted by Crippen LogP contribution is -2.42. The predicted octanol–water partition coefficient (Wildman–Crippen LogP) is 1.40. The van der Waals surface area contributed by atoms with Gasteiger partial charge in [-0.2, -0.15) is 8.78 Å². The number of hydrogen-bond donors (Lipinski definition) is 2. The van der Waals surface area contributed by atoms with E-state index in [1.54, 1.807) is 0 Å². The van der Waals surface area contributed by atoms with Crippen molar-refractivity contribution in [1.29, 1.82) is 0 Å². The summed E-state index contributed by atoms with van der Waals surface area (Å²) in [5.41, 5.74) is -1.57. The fourth-order valence-corrected chi connectivity index (χ4v) is 1.67. The third kappa shape index (κ3) is 3.08. The van der Waals surface area contributed by atoms with Gasteiger partial charge in [0.25, 0.3) is 5.56 Å². The van der Waals surface area contributed by atoms with Gasteiger partial charge in [0.1, 0.15) is 5.15 Å². The van der Waals surface area contributed by atoms with Crippen LogP contribution in [-0.4, -0.2) is 33.9 Å². The lowest BCUT2D eigenvalue weighted by atomic mass is 10.0. The zero-order chi connectivity index (χ0) is 14.8. The highest BCUT2D eigenvalue weighted by molar-refractivity contribution is 6.43. The quantitative estimate of drug-likeness (QED) is 0.880. The second-order valence-electron chi connectivity index (χ2n) is 3.96. The number of carbonyl (C=O) groups excluding carboxylic acids is 1. The lowest BCUT2D eigenvalue weighted by molar-refractivity contribution is -0.113. The van der Waals surface area contributed by atoms with Crippen LogP contribution in [0.2, 0.25) is 5.15 Å². The molecule has 0 aromatic carbocycles. The molecule has 1 aliphatic rings. The molecule has 0 radical (unpaired) electrons. The van der Waals surface area contributed by atoms with Crippen LogP contribution in [0.3, 0.4) is 0 Å². The van der Waals surface area contributed by atoms with Crippen LogP contribution in [0.25, 0.3) is 0 Å². The van der Waals surface area contributed by atoms with E-state index in [1.807, 2.05) is 0 Å². The first-order valence-electron chi connectivity index (χ1n) is 5.53. The van der Waals surface area contributed by atoms with E-state index >= 15 is 0 Å². The van der Waals surface area contributed by atoms with E-state index in [0.717, 1.165) is 12.4 Å². The number of ketones is 1. The topological polar surface area (TPSA) is 87.2 Å². The molecular weight excluding hydrogens is 294 g/mol. The van der Waals surface area contributed by atoms with Crippen LogP contribution in [-0.2, 0) is 4.79 Å². The molecule has 0 saturated heterocycles. The Kier molecular flexibility index (Phi) is 3.93. The number of H-pyrrole nitrogens is 1. The molecule has 2 heterocycles. The van der Waals surface area contributed by atoms with E-state index in [2.05, 4.69) is 20.3 Å². The molecule has 9 heteroatoms. The Bertz CT molecular complexity index is 654. The first-order chi connectivity index (χ1) is 9.40. The molecule has 1 aromatic rings. The highest BCUT2D eigenvalue weighted by Gasteiger charge is 2.40. The molecule has 1 aliphatic heterocycles. The van der Waals surface area contributed by atoms with Crippen LogP contribution in [0.1, 0.15) is 6.42 Å². The van der Waals surface area contributed by atoms with Gasteiger partial charge in [0.2, 0.25) is 0 Å². The van der Waals surface area contributed by atoms with Crippen LogP contribution in [0.5, 0.6) is 0 Å². The summed E-state index contributed by atoms with van der Waals surface area (Å²) in [5, 5.41) is 2.17. The third-order valence-electron chi connectivity index (χ3n) is 2.46. The predicted molar refractivity (Wildman–Crippen MR) is 69.5 cm³/mol. The van der Waals surface area contributed by atoms with E-state index in [0.29, 0.717) is 0 Å². The van der Waals surface area contributed by atoms with E-state index in [4.69, 9.17) is 11.6 Å². The Labute approximate surface area is 116 Å². The lowest BCUT2D eigenvalue weighted by Gasteiger charge is -2.19. The molecule has 0 aliphatic carbocycles. The van der Waals surface area contributed by atoms with Crippen LogP contribution < -0.4 is 10.9 Å². The number of allylic oxidation sites excluding steroid dienone is 1. The molecule has 6 nitrogen and oxygen atoms in total. The van der Waals surface area contributed by atoms with Crippen molar-refractivity contribution >= 4 is 28.9 Å². The Morgan fingerprint density at radius 2 is 2.20 bits per heavy atom. The van der Waals surface area contributed by atoms with Crippen LogP contribution in [0, 0.1) is 0 Å². The van der Waals surface area contributed by atoms with Gasteiger partial charge in [0.05, 0.1) is 12.7 Å². The van der Waals surface area contributed by atoms with Crippen molar-refractivity contribution in [1.82, 2.24) is 9.97 Å². The first kappa shape index (κ1) is 14.3. The highest BCUT2D eigenvalue weighted by atomic mass is 35.5. The van der Waals surface area contributed by atoms with Crippen molar-refractivity contribution in [3.8, 4) is 0 Å². The van der Waals surface area contributed by atoms with Gasteiger partial charge in [-0.05, 0) is 0 Å². The van der Waals surface area contributed by atoms with Crippen LogP contribution >= 0.6 is 11.6 Å². The zero-order valence-corrected chi connectivity index (χ0v) is 10.7. The molecule has 0 fully saturated rings. The van der Waals surface area contributed by atoms with Crippen molar-refractivity contribution in [3.05, 3.63) is 34.0 Å². The largest absolute Gasteiger partial charge is 0.359 e. The second-order valence-corrected chi connectivity index (χ2v) is 4.36. The molecular formula is C11H9ClF2N4O2.